The predicted octanol–water partition coefficient (Wildman–Crippen LogP) is 2.64. The summed E-state index contributed by atoms with van der Waals surface area (Å²) < 4.78 is 5.55. The van der Waals surface area contributed by atoms with Gasteiger partial charge in [0.05, 0.1) is 6.42 Å². The number of carbonyl (C=O) groups excluding carboxylic acids is 1. The van der Waals surface area contributed by atoms with Gasteiger partial charge in [0.1, 0.15) is 6.10 Å². The maximum absolute atomic E-state index is 11.6. The van der Waals surface area contributed by atoms with E-state index in [2.05, 4.69) is 12.2 Å². The minimum atomic E-state index is -0.0140. The van der Waals surface area contributed by atoms with Crippen LogP contribution in [0.1, 0.15) is 58.3 Å². The number of hydrogen-bond donors (Lipinski definition) is 1. The highest BCUT2D eigenvalue weighted by Gasteiger charge is 2.24. The van der Waals surface area contributed by atoms with E-state index in [9.17, 15) is 4.79 Å². The Labute approximate surface area is 104 Å². The van der Waals surface area contributed by atoms with Crippen molar-refractivity contribution in [2.45, 2.75) is 70.4 Å². The summed E-state index contributed by atoms with van der Waals surface area (Å²) in [5.74, 6) is 0.756. The second kappa shape index (κ2) is 6.39. The Morgan fingerprint density at radius 2 is 2.12 bits per heavy atom. The Morgan fingerprint density at radius 1 is 1.29 bits per heavy atom. The number of ether oxygens (including phenoxy) is 1. The van der Waals surface area contributed by atoms with Crippen molar-refractivity contribution in [2.75, 3.05) is 6.54 Å². The molecule has 2 rings (SSSR count). The van der Waals surface area contributed by atoms with E-state index in [1.54, 1.807) is 0 Å². The molecule has 3 heteroatoms. The molecule has 0 bridgehead atoms. The summed E-state index contributed by atoms with van der Waals surface area (Å²) in [6, 6.07) is 0.682. The van der Waals surface area contributed by atoms with Gasteiger partial charge in [-0.25, -0.2) is 0 Å². The van der Waals surface area contributed by atoms with Crippen molar-refractivity contribution in [3.05, 3.63) is 0 Å². The van der Waals surface area contributed by atoms with E-state index in [0.29, 0.717) is 12.5 Å². The van der Waals surface area contributed by atoms with Gasteiger partial charge in [0, 0.05) is 12.6 Å². The van der Waals surface area contributed by atoms with Gasteiger partial charge in [0.2, 0.25) is 0 Å². The first-order valence-corrected chi connectivity index (χ1v) is 7.20. The minimum absolute atomic E-state index is 0.0140. The van der Waals surface area contributed by atoms with Crippen LogP contribution >= 0.6 is 0 Å². The molecular formula is C14H25NO2. The Balaban J connectivity index is 1.59. The lowest BCUT2D eigenvalue weighted by Gasteiger charge is -2.28. The zero-order chi connectivity index (χ0) is 12.1. The molecule has 2 atom stereocenters. The average Bonchev–Trinajstić information content (AvgIpc) is 3.13. The fourth-order valence-electron chi connectivity index (χ4n) is 2.63. The van der Waals surface area contributed by atoms with Gasteiger partial charge >= 0.3 is 5.97 Å². The van der Waals surface area contributed by atoms with E-state index < -0.39 is 0 Å². The van der Waals surface area contributed by atoms with Crippen LogP contribution in [0.2, 0.25) is 0 Å². The molecule has 0 spiro atoms. The third-order valence-electron chi connectivity index (χ3n) is 3.95. The third-order valence-corrected chi connectivity index (χ3v) is 3.95. The van der Waals surface area contributed by atoms with Crippen molar-refractivity contribution < 1.29 is 9.53 Å². The van der Waals surface area contributed by atoms with E-state index in [0.717, 1.165) is 25.3 Å². The smallest absolute Gasteiger partial charge is 0.307 e. The lowest BCUT2D eigenvalue weighted by molar-refractivity contribution is -0.151. The van der Waals surface area contributed by atoms with Crippen LogP contribution in [0, 0.1) is 5.92 Å². The molecular weight excluding hydrogens is 214 g/mol. The number of carbonyl (C=O) groups is 1. The van der Waals surface area contributed by atoms with Gasteiger partial charge in [-0.1, -0.05) is 19.8 Å². The monoisotopic (exact) mass is 239 g/mol. The van der Waals surface area contributed by atoms with Gasteiger partial charge in [-0.3, -0.25) is 4.79 Å². The zero-order valence-corrected chi connectivity index (χ0v) is 10.9. The molecule has 2 aliphatic rings. The van der Waals surface area contributed by atoms with Crippen LogP contribution in [0.25, 0.3) is 0 Å². The molecule has 2 unspecified atom stereocenters. The Bertz CT molecular complexity index is 251. The normalized spacial score (nSPS) is 29.0. The molecule has 0 aromatic heterocycles. The molecule has 3 nitrogen and oxygen atoms in total. The summed E-state index contributed by atoms with van der Waals surface area (Å²) in [5.41, 5.74) is 0. The summed E-state index contributed by atoms with van der Waals surface area (Å²) >= 11 is 0. The van der Waals surface area contributed by atoms with Gasteiger partial charge in [-0.15, -0.1) is 0 Å². The van der Waals surface area contributed by atoms with E-state index in [-0.39, 0.29) is 12.1 Å². The number of esters is 1. The summed E-state index contributed by atoms with van der Waals surface area (Å²) in [5, 5.41) is 3.34. The van der Waals surface area contributed by atoms with Crippen molar-refractivity contribution in [2.24, 2.45) is 5.92 Å². The topological polar surface area (TPSA) is 38.3 Å². The molecule has 1 N–H and O–H groups in total. The molecule has 0 saturated heterocycles. The molecule has 98 valence electrons. The van der Waals surface area contributed by atoms with Crippen LogP contribution in [0.15, 0.2) is 0 Å². The highest BCUT2D eigenvalue weighted by molar-refractivity contribution is 5.69. The van der Waals surface area contributed by atoms with Gasteiger partial charge < -0.3 is 10.1 Å². The molecule has 2 saturated carbocycles. The van der Waals surface area contributed by atoms with Crippen LogP contribution in [0.4, 0.5) is 0 Å². The standard InChI is InChI=1S/C14H25NO2/c1-2-11-4-3-5-13(10-11)17-14(16)8-9-15-12-6-7-12/h11-13,15H,2-10H2,1H3. The molecule has 0 heterocycles. The summed E-state index contributed by atoms with van der Waals surface area (Å²) in [7, 11) is 0. The molecule has 0 aromatic carbocycles. The molecule has 17 heavy (non-hydrogen) atoms. The quantitative estimate of drug-likeness (QED) is 0.724. The van der Waals surface area contributed by atoms with E-state index in [1.807, 2.05) is 0 Å². The van der Waals surface area contributed by atoms with Crippen molar-refractivity contribution >= 4 is 5.97 Å². The largest absolute Gasteiger partial charge is 0.462 e. The fourth-order valence-corrected chi connectivity index (χ4v) is 2.63. The van der Waals surface area contributed by atoms with Crippen molar-refractivity contribution in [1.82, 2.24) is 5.32 Å². The molecule has 2 aliphatic carbocycles. The molecule has 0 aliphatic heterocycles. The average molecular weight is 239 g/mol. The van der Waals surface area contributed by atoms with Crippen molar-refractivity contribution in [3.8, 4) is 0 Å². The van der Waals surface area contributed by atoms with Gasteiger partial charge in [-0.2, -0.15) is 0 Å². The summed E-state index contributed by atoms with van der Waals surface area (Å²) in [4.78, 5) is 11.6. The summed E-state index contributed by atoms with van der Waals surface area (Å²) in [6.45, 7) is 3.02. The van der Waals surface area contributed by atoms with Crippen molar-refractivity contribution in [1.29, 1.82) is 0 Å². The SMILES string of the molecule is CCC1CCCC(OC(=O)CCNC2CC2)C1. The minimum Gasteiger partial charge on any atom is -0.462 e. The number of nitrogens with one attached hydrogen (secondary N) is 1. The van der Waals surface area contributed by atoms with Crippen LogP contribution < -0.4 is 5.32 Å². The Hall–Kier alpha value is -0.570. The molecule has 0 radical (unpaired) electrons. The maximum atomic E-state index is 11.6. The predicted molar refractivity (Wildman–Crippen MR) is 67.8 cm³/mol. The van der Waals surface area contributed by atoms with E-state index in [1.165, 1.54) is 32.1 Å². The van der Waals surface area contributed by atoms with Crippen LogP contribution in [0.5, 0.6) is 0 Å². The molecule has 0 amide bonds. The second-order valence-electron chi connectivity index (χ2n) is 5.53. The second-order valence-corrected chi connectivity index (χ2v) is 5.53. The number of rotatable bonds is 6. The Kier molecular flexibility index (Phi) is 4.84. The highest BCUT2D eigenvalue weighted by atomic mass is 16.5. The van der Waals surface area contributed by atoms with Crippen LogP contribution in [-0.2, 0) is 9.53 Å². The highest BCUT2D eigenvalue weighted by Crippen LogP contribution is 2.28. The first-order valence-electron chi connectivity index (χ1n) is 7.20. The zero-order valence-electron chi connectivity index (χ0n) is 10.9. The molecule has 0 aromatic rings. The lowest BCUT2D eigenvalue weighted by atomic mass is 9.85. The van der Waals surface area contributed by atoms with Gasteiger partial charge in [0.25, 0.3) is 0 Å². The number of hydrogen-bond acceptors (Lipinski definition) is 3. The van der Waals surface area contributed by atoms with Crippen molar-refractivity contribution in [3.63, 3.8) is 0 Å². The fraction of sp³-hybridized carbons (Fsp3) is 0.929. The molecule has 2 fully saturated rings. The third kappa shape index (κ3) is 4.66. The van der Waals surface area contributed by atoms with Crippen LogP contribution in [0.3, 0.4) is 0 Å². The first-order chi connectivity index (χ1) is 8.28. The Morgan fingerprint density at radius 3 is 2.82 bits per heavy atom. The lowest BCUT2D eigenvalue weighted by Crippen LogP contribution is -2.27. The van der Waals surface area contributed by atoms with Gasteiger partial charge in [-0.05, 0) is 38.0 Å². The summed E-state index contributed by atoms with van der Waals surface area (Å²) in [6.07, 6.45) is 9.18. The van der Waals surface area contributed by atoms with Crippen LogP contribution in [-0.4, -0.2) is 24.7 Å². The van der Waals surface area contributed by atoms with Gasteiger partial charge in [0.15, 0.2) is 0 Å². The van der Waals surface area contributed by atoms with E-state index in [4.69, 9.17) is 4.74 Å². The van der Waals surface area contributed by atoms with E-state index >= 15 is 0 Å². The maximum Gasteiger partial charge on any atom is 0.307 e. The first kappa shape index (κ1) is 12.9.